The minimum Gasteiger partial charge on any atom is -0.350 e. The number of benzene rings is 1. The van der Waals surface area contributed by atoms with E-state index in [0.29, 0.717) is 0 Å². The summed E-state index contributed by atoms with van der Waals surface area (Å²) in [6.07, 6.45) is 0. The van der Waals surface area contributed by atoms with Crippen LogP contribution in [0.3, 0.4) is 0 Å². The van der Waals surface area contributed by atoms with Gasteiger partial charge in [-0.15, -0.1) is 11.3 Å². The van der Waals surface area contributed by atoms with E-state index in [1.165, 1.54) is 16.2 Å². The lowest BCUT2D eigenvalue weighted by Gasteiger charge is -2.35. The molecule has 1 aromatic carbocycles. The fourth-order valence-electron chi connectivity index (χ4n) is 3.12. The SMILES string of the molecule is CC(C)[C@H](C(=O)NC(C)(C)C)N(Cc1cccs1)C(=O)CNS(=O)(=O)c1ccc(F)cc1. The summed E-state index contributed by atoms with van der Waals surface area (Å²) in [5.41, 5.74) is -0.494. The fraction of sp³-hybridized carbons (Fsp3) is 0.455. The zero-order valence-corrected chi connectivity index (χ0v) is 20.5. The molecule has 2 rings (SSSR count). The van der Waals surface area contributed by atoms with Crippen molar-refractivity contribution < 1.29 is 22.4 Å². The summed E-state index contributed by atoms with van der Waals surface area (Å²) in [5, 5.41) is 4.79. The van der Waals surface area contributed by atoms with E-state index in [1.54, 1.807) is 0 Å². The quantitative estimate of drug-likeness (QED) is 0.573. The van der Waals surface area contributed by atoms with E-state index in [2.05, 4.69) is 10.0 Å². The van der Waals surface area contributed by atoms with Gasteiger partial charge in [-0.3, -0.25) is 9.59 Å². The minimum atomic E-state index is -4.02. The first-order valence-electron chi connectivity index (χ1n) is 10.2. The summed E-state index contributed by atoms with van der Waals surface area (Å²) >= 11 is 1.44. The topological polar surface area (TPSA) is 95.6 Å². The summed E-state index contributed by atoms with van der Waals surface area (Å²) in [5.74, 6) is -1.62. The van der Waals surface area contributed by atoms with Crippen LogP contribution in [0.1, 0.15) is 39.5 Å². The first-order valence-corrected chi connectivity index (χ1v) is 12.6. The molecule has 1 atom stereocenters. The summed E-state index contributed by atoms with van der Waals surface area (Å²) in [6.45, 7) is 8.88. The molecule has 0 unspecified atom stereocenters. The molecule has 2 N–H and O–H groups in total. The van der Waals surface area contributed by atoms with E-state index in [-0.39, 0.29) is 23.3 Å². The van der Waals surface area contributed by atoms with E-state index >= 15 is 0 Å². The van der Waals surface area contributed by atoms with Crippen molar-refractivity contribution in [2.45, 2.75) is 57.6 Å². The number of rotatable bonds is 9. The van der Waals surface area contributed by atoms with Crippen molar-refractivity contribution in [2.75, 3.05) is 6.54 Å². The van der Waals surface area contributed by atoms with Crippen LogP contribution in [0, 0.1) is 11.7 Å². The van der Waals surface area contributed by atoms with Gasteiger partial charge in [-0.1, -0.05) is 19.9 Å². The summed E-state index contributed by atoms with van der Waals surface area (Å²) in [6, 6.07) is 7.22. The van der Waals surface area contributed by atoms with E-state index in [1.807, 2.05) is 52.1 Å². The van der Waals surface area contributed by atoms with E-state index in [0.717, 1.165) is 29.1 Å². The molecular formula is C22H30FN3O4S2. The van der Waals surface area contributed by atoms with Gasteiger partial charge in [0.15, 0.2) is 0 Å². The minimum absolute atomic E-state index is 0.151. The second-order valence-corrected chi connectivity index (χ2v) is 11.6. The predicted octanol–water partition coefficient (Wildman–Crippen LogP) is 3.13. The highest BCUT2D eigenvalue weighted by atomic mass is 32.2. The van der Waals surface area contributed by atoms with Crippen molar-refractivity contribution in [1.29, 1.82) is 0 Å². The predicted molar refractivity (Wildman–Crippen MR) is 123 cm³/mol. The summed E-state index contributed by atoms with van der Waals surface area (Å²) in [7, 11) is -4.02. The molecule has 0 saturated heterocycles. The first-order chi connectivity index (χ1) is 14.8. The molecule has 7 nitrogen and oxygen atoms in total. The second kappa shape index (κ2) is 10.5. The molecule has 2 aromatic rings. The maximum atomic E-state index is 13.2. The number of nitrogens with zero attached hydrogens (tertiary/aromatic N) is 1. The molecule has 10 heteroatoms. The molecule has 0 fully saturated rings. The van der Waals surface area contributed by atoms with E-state index in [9.17, 15) is 22.4 Å². The smallest absolute Gasteiger partial charge is 0.243 e. The van der Waals surface area contributed by atoms with Gasteiger partial charge in [0.1, 0.15) is 11.9 Å². The molecule has 1 aromatic heterocycles. The van der Waals surface area contributed by atoms with Gasteiger partial charge in [0.2, 0.25) is 21.8 Å². The Hall–Kier alpha value is -2.30. The molecule has 0 bridgehead atoms. The number of hydrogen-bond donors (Lipinski definition) is 2. The van der Waals surface area contributed by atoms with Gasteiger partial charge in [-0.25, -0.2) is 17.5 Å². The van der Waals surface area contributed by atoms with Crippen molar-refractivity contribution in [2.24, 2.45) is 5.92 Å². The number of hydrogen-bond acceptors (Lipinski definition) is 5. The van der Waals surface area contributed by atoms with Crippen molar-refractivity contribution >= 4 is 33.2 Å². The Morgan fingerprint density at radius 3 is 2.25 bits per heavy atom. The van der Waals surface area contributed by atoms with Gasteiger partial charge in [-0.2, -0.15) is 0 Å². The van der Waals surface area contributed by atoms with Crippen LogP contribution in [0.25, 0.3) is 0 Å². The molecule has 176 valence electrons. The standard InChI is InChI=1S/C22H30FN3O4S2/c1-15(2)20(21(28)25-22(3,4)5)26(14-17-7-6-12-31-17)19(27)13-24-32(29,30)18-10-8-16(23)9-11-18/h6-12,15,20,24H,13-14H2,1-5H3,(H,25,28)/t20-/m1/s1. The third-order valence-corrected chi connectivity index (χ3v) is 6.78. The summed E-state index contributed by atoms with van der Waals surface area (Å²) < 4.78 is 40.4. The molecule has 0 aliphatic rings. The van der Waals surface area contributed by atoms with Crippen LogP contribution < -0.4 is 10.0 Å². The normalized spacial score (nSPS) is 13.1. The zero-order valence-electron chi connectivity index (χ0n) is 18.9. The third-order valence-electron chi connectivity index (χ3n) is 4.50. The third kappa shape index (κ3) is 7.39. The highest BCUT2D eigenvalue weighted by Crippen LogP contribution is 2.20. The number of thiophene rings is 1. The van der Waals surface area contributed by atoms with E-state index < -0.39 is 39.9 Å². The van der Waals surface area contributed by atoms with Crippen molar-refractivity contribution in [3.63, 3.8) is 0 Å². The number of nitrogens with one attached hydrogen (secondary N) is 2. The lowest BCUT2D eigenvalue weighted by atomic mass is 9.99. The Morgan fingerprint density at radius 1 is 1.12 bits per heavy atom. The van der Waals surface area contributed by atoms with Crippen LogP contribution in [-0.2, 0) is 26.2 Å². The van der Waals surface area contributed by atoms with Gasteiger partial charge < -0.3 is 10.2 Å². The number of sulfonamides is 1. The molecule has 0 aliphatic heterocycles. The maximum Gasteiger partial charge on any atom is 0.243 e. The van der Waals surface area contributed by atoms with Gasteiger partial charge in [0.05, 0.1) is 18.0 Å². The van der Waals surface area contributed by atoms with Crippen molar-refractivity contribution in [1.82, 2.24) is 14.9 Å². The number of carbonyl (C=O) groups excluding carboxylic acids is 2. The molecule has 2 amide bonds. The van der Waals surface area contributed by atoms with Crippen LogP contribution in [-0.4, -0.2) is 43.3 Å². The highest BCUT2D eigenvalue weighted by Gasteiger charge is 2.34. The lowest BCUT2D eigenvalue weighted by Crippen LogP contribution is -2.56. The molecule has 0 saturated carbocycles. The number of halogens is 1. The fourth-order valence-corrected chi connectivity index (χ4v) is 4.79. The van der Waals surface area contributed by atoms with Crippen LogP contribution in [0.4, 0.5) is 4.39 Å². The Morgan fingerprint density at radius 2 is 1.75 bits per heavy atom. The zero-order chi connectivity index (χ0) is 24.1. The lowest BCUT2D eigenvalue weighted by molar-refractivity contribution is -0.142. The van der Waals surface area contributed by atoms with E-state index in [4.69, 9.17) is 0 Å². The molecular weight excluding hydrogens is 453 g/mol. The van der Waals surface area contributed by atoms with Gasteiger partial charge in [0.25, 0.3) is 0 Å². The average Bonchev–Trinajstić information content (AvgIpc) is 3.17. The van der Waals surface area contributed by atoms with Crippen molar-refractivity contribution in [3.8, 4) is 0 Å². The van der Waals surface area contributed by atoms with Crippen LogP contribution >= 0.6 is 11.3 Å². The van der Waals surface area contributed by atoms with Crippen LogP contribution in [0.5, 0.6) is 0 Å². The molecule has 0 radical (unpaired) electrons. The van der Waals surface area contributed by atoms with Crippen molar-refractivity contribution in [3.05, 3.63) is 52.5 Å². The largest absolute Gasteiger partial charge is 0.350 e. The maximum absolute atomic E-state index is 13.2. The average molecular weight is 484 g/mol. The highest BCUT2D eigenvalue weighted by molar-refractivity contribution is 7.89. The van der Waals surface area contributed by atoms with Gasteiger partial charge >= 0.3 is 0 Å². The molecule has 1 heterocycles. The van der Waals surface area contributed by atoms with Crippen LogP contribution in [0.15, 0.2) is 46.7 Å². The van der Waals surface area contributed by atoms with Gasteiger partial charge in [-0.05, 0) is 62.4 Å². The first kappa shape index (κ1) is 26.0. The summed E-state index contributed by atoms with van der Waals surface area (Å²) in [4.78, 5) is 28.4. The Labute approximate surface area is 193 Å². The molecule has 0 aliphatic carbocycles. The monoisotopic (exact) mass is 483 g/mol. The molecule has 32 heavy (non-hydrogen) atoms. The Bertz CT molecular complexity index is 1010. The second-order valence-electron chi connectivity index (χ2n) is 8.81. The van der Waals surface area contributed by atoms with Crippen LogP contribution in [0.2, 0.25) is 0 Å². The molecule has 0 spiro atoms. The number of amides is 2. The van der Waals surface area contributed by atoms with Gasteiger partial charge in [0, 0.05) is 10.4 Å². The number of carbonyl (C=O) groups is 2. The Balaban J connectivity index is 2.27. The Kier molecular flexibility index (Phi) is 8.55.